The Morgan fingerprint density at radius 2 is 1.81 bits per heavy atom. The number of hydrogen-bond acceptors (Lipinski definition) is 4. The topological polar surface area (TPSA) is 79.8 Å². The molecule has 0 fully saturated rings. The van der Waals surface area contributed by atoms with Gasteiger partial charge in [0.2, 0.25) is 11.8 Å². The van der Waals surface area contributed by atoms with Crippen molar-refractivity contribution in [3.05, 3.63) is 93.7 Å². The summed E-state index contributed by atoms with van der Waals surface area (Å²) < 4.78 is 20.1. The number of hydrogen-bond donors (Lipinski definition) is 2. The number of rotatable bonds is 8. The predicted octanol–water partition coefficient (Wildman–Crippen LogP) is 4.95. The van der Waals surface area contributed by atoms with Gasteiger partial charge in [-0.15, -0.1) is 0 Å². The second kappa shape index (κ2) is 11.2. The van der Waals surface area contributed by atoms with Gasteiger partial charge in [0, 0.05) is 0 Å². The van der Waals surface area contributed by atoms with Gasteiger partial charge in [-0.3, -0.25) is 9.59 Å². The summed E-state index contributed by atoms with van der Waals surface area (Å²) in [5.74, 6) is -1.15. The van der Waals surface area contributed by atoms with Gasteiger partial charge in [0.05, 0.1) is 16.4 Å². The van der Waals surface area contributed by atoms with E-state index in [0.29, 0.717) is 12.4 Å². The van der Waals surface area contributed by atoms with Crippen molar-refractivity contribution >= 4 is 39.6 Å². The number of nitrogens with zero attached hydrogens (tertiary/aromatic N) is 1. The molecular formula is C24H21BrFN3O3. The van der Waals surface area contributed by atoms with Gasteiger partial charge in [-0.05, 0) is 64.3 Å². The van der Waals surface area contributed by atoms with Crippen LogP contribution in [0.4, 0.5) is 10.1 Å². The number of carbonyl (C=O) groups is 2. The molecule has 3 rings (SSSR count). The Kier molecular flexibility index (Phi) is 8.10. The minimum absolute atomic E-state index is 0.0170. The fourth-order valence-electron chi connectivity index (χ4n) is 2.68. The van der Waals surface area contributed by atoms with E-state index in [1.54, 1.807) is 24.3 Å². The summed E-state index contributed by atoms with van der Waals surface area (Å²) in [4.78, 5) is 23.7. The first-order chi connectivity index (χ1) is 15.4. The molecule has 0 radical (unpaired) electrons. The zero-order valence-corrected chi connectivity index (χ0v) is 18.9. The second-order valence-corrected chi connectivity index (χ2v) is 7.82. The Morgan fingerprint density at radius 1 is 1.06 bits per heavy atom. The van der Waals surface area contributed by atoms with Gasteiger partial charge < -0.3 is 10.1 Å². The quantitative estimate of drug-likeness (QED) is 0.262. The van der Waals surface area contributed by atoms with E-state index in [1.165, 1.54) is 30.0 Å². The maximum Gasteiger partial charge on any atom is 0.249 e. The third kappa shape index (κ3) is 7.02. The van der Waals surface area contributed by atoms with Crippen molar-refractivity contribution in [2.24, 2.45) is 5.10 Å². The molecule has 32 heavy (non-hydrogen) atoms. The van der Waals surface area contributed by atoms with Crippen LogP contribution in [0.1, 0.15) is 23.1 Å². The normalized spacial score (nSPS) is 10.7. The highest BCUT2D eigenvalue weighted by molar-refractivity contribution is 9.10. The maximum absolute atomic E-state index is 13.5. The molecule has 0 atom stereocenters. The molecule has 0 saturated carbocycles. The number of anilines is 1. The number of para-hydroxylation sites is 1. The summed E-state index contributed by atoms with van der Waals surface area (Å²) in [6.07, 6.45) is 0.961. The molecule has 0 aliphatic carbocycles. The van der Waals surface area contributed by atoms with Gasteiger partial charge in [0.15, 0.2) is 0 Å². The molecule has 0 spiro atoms. The second-order valence-electron chi connectivity index (χ2n) is 6.96. The Bertz CT molecular complexity index is 1130. The molecular weight excluding hydrogens is 477 g/mol. The molecule has 3 aromatic rings. The van der Waals surface area contributed by atoms with E-state index in [4.69, 9.17) is 4.74 Å². The Morgan fingerprint density at radius 3 is 2.53 bits per heavy atom. The molecule has 0 aliphatic rings. The van der Waals surface area contributed by atoms with Gasteiger partial charge in [0.1, 0.15) is 24.6 Å². The smallest absolute Gasteiger partial charge is 0.249 e. The Labute approximate surface area is 193 Å². The van der Waals surface area contributed by atoms with Crippen molar-refractivity contribution in [3.63, 3.8) is 0 Å². The first kappa shape index (κ1) is 23.1. The van der Waals surface area contributed by atoms with Crippen LogP contribution in [0.25, 0.3) is 0 Å². The number of aryl methyl sites for hydroxylation is 1. The standard InChI is InChI=1S/C24H21BrFN3O3/c1-16-6-8-17(9-7-16)15-32-22-11-10-18(12-19(22)25)14-27-29-24(31)13-23(30)28-21-5-3-2-4-20(21)26/h2-12,14H,13,15H2,1H3,(H,28,30)(H,29,31). The molecule has 2 N–H and O–H groups in total. The van der Waals surface area contributed by atoms with Gasteiger partial charge in [-0.25, -0.2) is 9.82 Å². The Balaban J connectivity index is 1.47. The summed E-state index contributed by atoms with van der Waals surface area (Å²) in [6.45, 7) is 2.47. The molecule has 6 nitrogen and oxygen atoms in total. The summed E-state index contributed by atoms with van der Waals surface area (Å²) in [6, 6.07) is 19.2. The number of hydrazone groups is 1. The lowest BCUT2D eigenvalue weighted by atomic mass is 10.2. The molecule has 2 amide bonds. The fourth-order valence-corrected chi connectivity index (χ4v) is 3.19. The van der Waals surface area contributed by atoms with E-state index in [9.17, 15) is 14.0 Å². The zero-order chi connectivity index (χ0) is 22.9. The van der Waals surface area contributed by atoms with Crippen LogP contribution in [0.5, 0.6) is 5.75 Å². The molecule has 0 saturated heterocycles. The summed E-state index contributed by atoms with van der Waals surface area (Å²) in [5, 5.41) is 6.19. The lowest BCUT2D eigenvalue weighted by Crippen LogP contribution is -2.24. The Hall–Kier alpha value is -3.52. The van der Waals surface area contributed by atoms with Crippen molar-refractivity contribution in [3.8, 4) is 5.75 Å². The van der Waals surface area contributed by atoms with E-state index < -0.39 is 24.1 Å². The summed E-state index contributed by atoms with van der Waals surface area (Å²) >= 11 is 3.47. The van der Waals surface area contributed by atoms with E-state index >= 15 is 0 Å². The fraction of sp³-hybridized carbons (Fsp3) is 0.125. The molecule has 0 aromatic heterocycles. The number of benzene rings is 3. The molecule has 3 aromatic carbocycles. The van der Waals surface area contributed by atoms with Crippen LogP contribution in [0.15, 0.2) is 76.3 Å². The molecule has 8 heteroatoms. The van der Waals surface area contributed by atoms with Crippen LogP contribution < -0.4 is 15.5 Å². The maximum atomic E-state index is 13.5. The van der Waals surface area contributed by atoms with Crippen molar-refractivity contribution in [1.29, 1.82) is 0 Å². The van der Waals surface area contributed by atoms with Crippen LogP contribution in [-0.2, 0) is 16.2 Å². The lowest BCUT2D eigenvalue weighted by molar-refractivity contribution is -0.126. The highest BCUT2D eigenvalue weighted by atomic mass is 79.9. The SMILES string of the molecule is Cc1ccc(COc2ccc(C=NNC(=O)CC(=O)Nc3ccccc3F)cc2Br)cc1. The van der Waals surface area contributed by atoms with Crippen molar-refractivity contribution < 1.29 is 18.7 Å². The first-order valence-corrected chi connectivity index (χ1v) is 10.5. The molecule has 0 unspecified atom stereocenters. The van der Waals surface area contributed by atoms with E-state index in [2.05, 4.69) is 31.8 Å². The average Bonchev–Trinajstić information content (AvgIpc) is 2.76. The van der Waals surface area contributed by atoms with Gasteiger partial charge in [-0.1, -0.05) is 42.0 Å². The van der Waals surface area contributed by atoms with Crippen molar-refractivity contribution in [1.82, 2.24) is 5.43 Å². The minimum Gasteiger partial charge on any atom is -0.488 e. The third-order valence-electron chi connectivity index (χ3n) is 4.34. The van der Waals surface area contributed by atoms with Gasteiger partial charge >= 0.3 is 0 Å². The number of carbonyl (C=O) groups excluding carboxylic acids is 2. The third-order valence-corrected chi connectivity index (χ3v) is 4.96. The number of amides is 2. The number of ether oxygens (including phenoxy) is 1. The first-order valence-electron chi connectivity index (χ1n) is 9.75. The lowest BCUT2D eigenvalue weighted by Gasteiger charge is -2.09. The van der Waals surface area contributed by atoms with E-state index in [1.807, 2.05) is 31.2 Å². The van der Waals surface area contributed by atoms with Crippen LogP contribution in [-0.4, -0.2) is 18.0 Å². The number of halogens is 2. The number of nitrogens with one attached hydrogen (secondary N) is 2. The average molecular weight is 498 g/mol. The van der Waals surface area contributed by atoms with Crippen LogP contribution in [0, 0.1) is 12.7 Å². The summed E-state index contributed by atoms with van der Waals surface area (Å²) in [7, 11) is 0. The summed E-state index contributed by atoms with van der Waals surface area (Å²) in [5.41, 5.74) is 5.27. The molecule has 0 bridgehead atoms. The van der Waals surface area contributed by atoms with Crippen LogP contribution >= 0.6 is 15.9 Å². The van der Waals surface area contributed by atoms with Crippen LogP contribution in [0.2, 0.25) is 0 Å². The molecule has 0 heterocycles. The van der Waals surface area contributed by atoms with E-state index in [-0.39, 0.29) is 5.69 Å². The van der Waals surface area contributed by atoms with E-state index in [0.717, 1.165) is 15.6 Å². The van der Waals surface area contributed by atoms with Crippen molar-refractivity contribution in [2.45, 2.75) is 20.0 Å². The zero-order valence-electron chi connectivity index (χ0n) is 17.3. The molecule has 0 aliphatic heterocycles. The minimum atomic E-state index is -0.638. The van der Waals surface area contributed by atoms with Crippen LogP contribution in [0.3, 0.4) is 0 Å². The molecule has 164 valence electrons. The largest absolute Gasteiger partial charge is 0.488 e. The van der Waals surface area contributed by atoms with Crippen molar-refractivity contribution in [2.75, 3.05) is 5.32 Å². The monoisotopic (exact) mass is 497 g/mol. The highest BCUT2D eigenvalue weighted by Gasteiger charge is 2.11. The highest BCUT2D eigenvalue weighted by Crippen LogP contribution is 2.26. The predicted molar refractivity (Wildman–Crippen MR) is 125 cm³/mol. The van der Waals surface area contributed by atoms with Gasteiger partial charge in [-0.2, -0.15) is 5.10 Å². The van der Waals surface area contributed by atoms with Gasteiger partial charge in [0.25, 0.3) is 0 Å².